The lowest BCUT2D eigenvalue weighted by Crippen LogP contribution is -2.58. The summed E-state index contributed by atoms with van der Waals surface area (Å²) in [5.41, 5.74) is 0. The minimum Gasteiger partial charge on any atom is -0.484 e. The summed E-state index contributed by atoms with van der Waals surface area (Å²) in [5, 5.41) is 3.12. The first-order valence-electron chi connectivity index (χ1n) is 7.03. The molecule has 7 nitrogen and oxygen atoms in total. The van der Waals surface area contributed by atoms with Crippen LogP contribution in [0.3, 0.4) is 0 Å². The standard InChI is InChI=1S/C15H17ClN2O5/c1-22-14(20)8-12-15(21)17-5-6-18(12)13(19)9-23-11-4-2-3-10(16)7-11/h2-4,7,12H,5-6,8-9H2,1H3,(H,17,21). The van der Waals surface area contributed by atoms with Gasteiger partial charge in [-0.1, -0.05) is 17.7 Å². The monoisotopic (exact) mass is 340 g/mol. The van der Waals surface area contributed by atoms with Gasteiger partial charge in [-0.15, -0.1) is 0 Å². The van der Waals surface area contributed by atoms with E-state index in [-0.39, 0.29) is 24.8 Å². The smallest absolute Gasteiger partial charge is 0.308 e. The molecule has 1 atom stereocenters. The molecule has 1 saturated heterocycles. The van der Waals surface area contributed by atoms with E-state index in [1.54, 1.807) is 24.3 Å². The Labute approximate surface area is 138 Å². The highest BCUT2D eigenvalue weighted by molar-refractivity contribution is 6.30. The molecule has 8 heteroatoms. The van der Waals surface area contributed by atoms with Crippen LogP contribution in [0, 0.1) is 0 Å². The molecule has 1 aliphatic heterocycles. The first-order chi connectivity index (χ1) is 11.0. The number of rotatable bonds is 5. The Morgan fingerprint density at radius 1 is 1.43 bits per heavy atom. The van der Waals surface area contributed by atoms with E-state index in [0.717, 1.165) is 0 Å². The van der Waals surface area contributed by atoms with Gasteiger partial charge in [-0.25, -0.2) is 0 Å². The molecule has 0 bridgehead atoms. The van der Waals surface area contributed by atoms with E-state index in [9.17, 15) is 14.4 Å². The van der Waals surface area contributed by atoms with Gasteiger partial charge in [0.25, 0.3) is 5.91 Å². The summed E-state index contributed by atoms with van der Waals surface area (Å²) in [6, 6.07) is 5.78. The summed E-state index contributed by atoms with van der Waals surface area (Å²) in [7, 11) is 1.23. The van der Waals surface area contributed by atoms with Crippen LogP contribution < -0.4 is 10.1 Å². The summed E-state index contributed by atoms with van der Waals surface area (Å²) in [5.74, 6) is -0.857. The van der Waals surface area contributed by atoms with Gasteiger partial charge in [-0.2, -0.15) is 0 Å². The van der Waals surface area contributed by atoms with Gasteiger partial charge in [0.05, 0.1) is 13.5 Å². The van der Waals surface area contributed by atoms with Gasteiger partial charge in [-0.05, 0) is 18.2 Å². The maximum absolute atomic E-state index is 12.3. The number of methoxy groups -OCH3 is 1. The van der Waals surface area contributed by atoms with E-state index in [2.05, 4.69) is 10.1 Å². The molecule has 0 radical (unpaired) electrons. The second kappa shape index (κ2) is 7.82. The Bertz CT molecular complexity index is 607. The lowest BCUT2D eigenvalue weighted by Gasteiger charge is -2.34. The third-order valence-corrected chi connectivity index (χ3v) is 3.63. The van der Waals surface area contributed by atoms with Crippen molar-refractivity contribution in [3.8, 4) is 5.75 Å². The maximum Gasteiger partial charge on any atom is 0.308 e. The van der Waals surface area contributed by atoms with E-state index >= 15 is 0 Å². The van der Waals surface area contributed by atoms with Crippen molar-refractivity contribution in [2.75, 3.05) is 26.8 Å². The molecule has 124 valence electrons. The maximum atomic E-state index is 12.3. The second-order valence-corrected chi connectivity index (χ2v) is 5.36. The van der Waals surface area contributed by atoms with Crippen LogP contribution in [0.4, 0.5) is 0 Å². The Kier molecular flexibility index (Phi) is 5.81. The molecule has 1 heterocycles. The molecule has 0 spiro atoms. The molecular weight excluding hydrogens is 324 g/mol. The Hall–Kier alpha value is -2.28. The molecule has 1 fully saturated rings. The quantitative estimate of drug-likeness (QED) is 0.794. The number of carbonyl (C=O) groups excluding carboxylic acids is 3. The predicted molar refractivity (Wildman–Crippen MR) is 82.1 cm³/mol. The topological polar surface area (TPSA) is 84.9 Å². The number of hydrogen-bond donors (Lipinski definition) is 1. The number of benzene rings is 1. The zero-order valence-corrected chi connectivity index (χ0v) is 13.3. The molecule has 0 aromatic heterocycles. The number of ether oxygens (including phenoxy) is 2. The third kappa shape index (κ3) is 4.59. The van der Waals surface area contributed by atoms with Crippen LogP contribution in [0.5, 0.6) is 5.75 Å². The van der Waals surface area contributed by atoms with Crippen LogP contribution in [0.25, 0.3) is 0 Å². The van der Waals surface area contributed by atoms with Crippen LogP contribution in [0.1, 0.15) is 6.42 Å². The molecule has 2 rings (SSSR count). The Morgan fingerprint density at radius 3 is 2.91 bits per heavy atom. The number of hydrogen-bond acceptors (Lipinski definition) is 5. The van der Waals surface area contributed by atoms with E-state index in [0.29, 0.717) is 23.9 Å². The van der Waals surface area contributed by atoms with E-state index < -0.39 is 12.0 Å². The molecule has 23 heavy (non-hydrogen) atoms. The van der Waals surface area contributed by atoms with Crippen LogP contribution in [0.15, 0.2) is 24.3 Å². The molecule has 0 saturated carbocycles. The zero-order chi connectivity index (χ0) is 16.8. The van der Waals surface area contributed by atoms with Crippen LogP contribution in [0.2, 0.25) is 5.02 Å². The molecule has 2 amide bonds. The summed E-state index contributed by atoms with van der Waals surface area (Å²) < 4.78 is 9.96. The average Bonchev–Trinajstić information content (AvgIpc) is 2.54. The molecular formula is C15H17ClN2O5. The largest absolute Gasteiger partial charge is 0.484 e. The van der Waals surface area contributed by atoms with Gasteiger partial charge in [0.2, 0.25) is 5.91 Å². The van der Waals surface area contributed by atoms with Crippen molar-refractivity contribution in [2.24, 2.45) is 0 Å². The highest BCUT2D eigenvalue weighted by atomic mass is 35.5. The summed E-state index contributed by atoms with van der Waals surface area (Å²) in [4.78, 5) is 37.0. The van der Waals surface area contributed by atoms with Gasteiger partial charge >= 0.3 is 5.97 Å². The first kappa shape index (κ1) is 17.1. The number of piperazine rings is 1. The third-order valence-electron chi connectivity index (χ3n) is 3.40. The van der Waals surface area contributed by atoms with Gasteiger partial charge < -0.3 is 19.7 Å². The number of nitrogens with one attached hydrogen (secondary N) is 1. The number of carbonyl (C=O) groups is 3. The van der Waals surface area contributed by atoms with Crippen molar-refractivity contribution in [3.05, 3.63) is 29.3 Å². The van der Waals surface area contributed by atoms with Crippen molar-refractivity contribution in [1.82, 2.24) is 10.2 Å². The molecule has 1 N–H and O–H groups in total. The fourth-order valence-corrected chi connectivity index (χ4v) is 2.42. The Morgan fingerprint density at radius 2 is 2.22 bits per heavy atom. The van der Waals surface area contributed by atoms with E-state index in [1.165, 1.54) is 12.0 Å². The highest BCUT2D eigenvalue weighted by Crippen LogP contribution is 2.17. The lowest BCUT2D eigenvalue weighted by molar-refractivity contribution is -0.151. The van der Waals surface area contributed by atoms with Crippen LogP contribution >= 0.6 is 11.6 Å². The second-order valence-electron chi connectivity index (χ2n) is 4.92. The minimum atomic E-state index is -0.883. The van der Waals surface area contributed by atoms with Gasteiger partial charge in [0, 0.05) is 18.1 Å². The minimum absolute atomic E-state index is 0.189. The fourth-order valence-electron chi connectivity index (χ4n) is 2.24. The van der Waals surface area contributed by atoms with Crippen molar-refractivity contribution in [1.29, 1.82) is 0 Å². The normalized spacial score (nSPS) is 17.4. The predicted octanol–water partition coefficient (Wildman–Crippen LogP) is 0.609. The van der Waals surface area contributed by atoms with Crippen molar-refractivity contribution >= 4 is 29.4 Å². The zero-order valence-electron chi connectivity index (χ0n) is 12.6. The van der Waals surface area contributed by atoms with E-state index in [4.69, 9.17) is 16.3 Å². The van der Waals surface area contributed by atoms with Crippen molar-refractivity contribution < 1.29 is 23.9 Å². The molecule has 1 unspecified atom stereocenters. The molecule has 0 aliphatic carbocycles. The highest BCUT2D eigenvalue weighted by Gasteiger charge is 2.35. The van der Waals surface area contributed by atoms with Crippen molar-refractivity contribution in [2.45, 2.75) is 12.5 Å². The van der Waals surface area contributed by atoms with Crippen molar-refractivity contribution in [3.63, 3.8) is 0 Å². The number of esters is 1. The average molecular weight is 341 g/mol. The summed E-state index contributed by atoms with van der Waals surface area (Å²) in [6.07, 6.45) is -0.189. The number of halogens is 1. The summed E-state index contributed by atoms with van der Waals surface area (Å²) >= 11 is 5.84. The lowest BCUT2D eigenvalue weighted by atomic mass is 10.1. The van der Waals surface area contributed by atoms with Crippen LogP contribution in [-0.4, -0.2) is 55.5 Å². The number of amides is 2. The van der Waals surface area contributed by atoms with E-state index in [1.807, 2.05) is 0 Å². The van der Waals surface area contributed by atoms with Crippen LogP contribution in [-0.2, 0) is 19.1 Å². The molecule has 1 aliphatic rings. The Balaban J connectivity index is 2.00. The molecule has 1 aromatic rings. The first-order valence-corrected chi connectivity index (χ1v) is 7.41. The van der Waals surface area contributed by atoms with Gasteiger partial charge in [-0.3, -0.25) is 14.4 Å². The SMILES string of the molecule is COC(=O)CC1C(=O)NCCN1C(=O)COc1cccc(Cl)c1. The van der Waals surface area contributed by atoms with Gasteiger partial charge in [0.1, 0.15) is 11.8 Å². The number of nitrogens with zero attached hydrogens (tertiary/aromatic N) is 1. The summed E-state index contributed by atoms with van der Waals surface area (Å²) in [6.45, 7) is 0.399. The fraction of sp³-hybridized carbons (Fsp3) is 0.400. The molecule has 1 aromatic carbocycles. The van der Waals surface area contributed by atoms with Gasteiger partial charge in [0.15, 0.2) is 6.61 Å².